The molecule has 0 aliphatic carbocycles. The van der Waals surface area contributed by atoms with Crippen molar-refractivity contribution in [2.75, 3.05) is 25.2 Å². The molecule has 1 N–H and O–H groups in total. The second-order valence-corrected chi connectivity index (χ2v) is 4.99. The van der Waals surface area contributed by atoms with Gasteiger partial charge >= 0.3 is 5.97 Å². The third-order valence-electron chi connectivity index (χ3n) is 3.13. The molecule has 1 aromatic carbocycles. The summed E-state index contributed by atoms with van der Waals surface area (Å²) in [7, 11) is 1.78. The minimum atomic E-state index is -1.15. The van der Waals surface area contributed by atoms with Crippen LogP contribution in [-0.2, 0) is 4.74 Å². The Hall–Kier alpha value is -1.14. The molecule has 4 nitrogen and oxygen atoms in total. The number of aromatic carboxylic acids is 1. The maximum atomic E-state index is 14.1. The van der Waals surface area contributed by atoms with E-state index in [1.165, 1.54) is 12.1 Å². The van der Waals surface area contributed by atoms with Crippen molar-refractivity contribution >= 4 is 27.6 Å². The Morgan fingerprint density at radius 1 is 1.61 bits per heavy atom. The van der Waals surface area contributed by atoms with Crippen molar-refractivity contribution in [1.29, 1.82) is 0 Å². The lowest BCUT2D eigenvalue weighted by Gasteiger charge is -2.26. The van der Waals surface area contributed by atoms with E-state index in [1.807, 2.05) is 0 Å². The molecular weight excluding hydrogens is 305 g/mol. The number of hydrogen-bond acceptors (Lipinski definition) is 3. The lowest BCUT2D eigenvalue weighted by molar-refractivity contribution is 0.0695. The molecule has 1 heterocycles. The topological polar surface area (TPSA) is 49.8 Å². The maximum Gasteiger partial charge on any atom is 0.336 e. The SMILES string of the molecule is CN(c1ccc(C(=O)O)c(Br)c1F)C1CCOC1. The molecule has 18 heavy (non-hydrogen) atoms. The van der Waals surface area contributed by atoms with E-state index in [9.17, 15) is 9.18 Å². The Balaban J connectivity index is 2.34. The van der Waals surface area contributed by atoms with E-state index in [2.05, 4.69) is 15.9 Å². The first kappa shape index (κ1) is 13.3. The van der Waals surface area contributed by atoms with E-state index in [1.54, 1.807) is 11.9 Å². The van der Waals surface area contributed by atoms with Gasteiger partial charge in [-0.25, -0.2) is 9.18 Å². The molecule has 0 spiro atoms. The molecular formula is C12H13BrFNO3. The van der Waals surface area contributed by atoms with Crippen LogP contribution in [0.4, 0.5) is 10.1 Å². The van der Waals surface area contributed by atoms with Crippen LogP contribution < -0.4 is 4.90 Å². The number of ether oxygens (including phenoxy) is 1. The fourth-order valence-electron chi connectivity index (χ4n) is 2.00. The van der Waals surface area contributed by atoms with Gasteiger partial charge in [-0.1, -0.05) is 0 Å². The van der Waals surface area contributed by atoms with Crippen LogP contribution in [0.25, 0.3) is 0 Å². The maximum absolute atomic E-state index is 14.1. The molecule has 1 aliphatic heterocycles. The Kier molecular flexibility index (Phi) is 3.87. The zero-order valence-electron chi connectivity index (χ0n) is 9.82. The van der Waals surface area contributed by atoms with Gasteiger partial charge in [-0.15, -0.1) is 0 Å². The highest BCUT2D eigenvalue weighted by molar-refractivity contribution is 9.10. The number of nitrogens with zero attached hydrogens (tertiary/aromatic N) is 1. The van der Waals surface area contributed by atoms with E-state index in [-0.39, 0.29) is 16.1 Å². The van der Waals surface area contributed by atoms with Gasteiger partial charge in [0, 0.05) is 13.7 Å². The monoisotopic (exact) mass is 317 g/mol. The molecule has 1 fully saturated rings. The quantitative estimate of drug-likeness (QED) is 0.930. The first-order valence-electron chi connectivity index (χ1n) is 5.54. The number of rotatable bonds is 3. The van der Waals surface area contributed by atoms with Crippen molar-refractivity contribution in [2.45, 2.75) is 12.5 Å². The first-order valence-corrected chi connectivity index (χ1v) is 6.33. The second kappa shape index (κ2) is 5.24. The average Bonchev–Trinajstić information content (AvgIpc) is 2.85. The van der Waals surface area contributed by atoms with Crippen molar-refractivity contribution in [1.82, 2.24) is 0 Å². The smallest absolute Gasteiger partial charge is 0.336 e. The van der Waals surface area contributed by atoms with Crippen molar-refractivity contribution in [3.05, 3.63) is 28.0 Å². The Bertz CT molecular complexity index is 475. The van der Waals surface area contributed by atoms with Gasteiger partial charge in [-0.05, 0) is 34.5 Å². The summed E-state index contributed by atoms with van der Waals surface area (Å²) in [6.07, 6.45) is 0.842. The molecule has 0 bridgehead atoms. The average molecular weight is 318 g/mol. The van der Waals surface area contributed by atoms with Crippen LogP contribution in [0.2, 0.25) is 0 Å². The number of carboxylic acid groups (broad SMARTS) is 1. The molecule has 1 unspecified atom stereocenters. The molecule has 1 saturated heterocycles. The van der Waals surface area contributed by atoms with Gasteiger partial charge in [0.2, 0.25) is 0 Å². The summed E-state index contributed by atoms with van der Waals surface area (Å²) in [5.74, 6) is -1.71. The number of carboxylic acids is 1. The van der Waals surface area contributed by atoms with Crippen LogP contribution in [0.3, 0.4) is 0 Å². The number of benzene rings is 1. The van der Waals surface area contributed by atoms with Gasteiger partial charge in [0.1, 0.15) is 0 Å². The van der Waals surface area contributed by atoms with E-state index < -0.39 is 11.8 Å². The first-order chi connectivity index (χ1) is 8.52. The van der Waals surface area contributed by atoms with Crippen LogP contribution >= 0.6 is 15.9 Å². The lowest BCUT2D eigenvalue weighted by atomic mass is 10.1. The standard InChI is InChI=1S/C12H13BrFNO3/c1-15(7-4-5-18-6-7)9-3-2-8(12(16)17)10(13)11(9)14/h2-3,7H,4-6H2,1H3,(H,16,17). The van der Waals surface area contributed by atoms with Crippen LogP contribution in [0.1, 0.15) is 16.8 Å². The van der Waals surface area contributed by atoms with E-state index in [0.29, 0.717) is 18.9 Å². The molecule has 1 aromatic rings. The van der Waals surface area contributed by atoms with Crippen molar-refractivity contribution in [3.63, 3.8) is 0 Å². The van der Waals surface area contributed by atoms with Crippen molar-refractivity contribution in [3.8, 4) is 0 Å². The number of halogens is 2. The van der Waals surface area contributed by atoms with Crippen LogP contribution in [-0.4, -0.2) is 37.4 Å². The zero-order valence-corrected chi connectivity index (χ0v) is 11.4. The van der Waals surface area contributed by atoms with E-state index in [0.717, 1.165) is 6.42 Å². The van der Waals surface area contributed by atoms with Gasteiger partial charge in [0.15, 0.2) is 5.82 Å². The molecule has 0 amide bonds. The summed E-state index contributed by atoms with van der Waals surface area (Å²) in [5.41, 5.74) is 0.301. The fourth-order valence-corrected chi connectivity index (χ4v) is 2.51. The third-order valence-corrected chi connectivity index (χ3v) is 3.90. The van der Waals surface area contributed by atoms with Crippen molar-refractivity contribution < 1.29 is 19.0 Å². The lowest BCUT2D eigenvalue weighted by Crippen LogP contribution is -2.32. The number of anilines is 1. The highest BCUT2D eigenvalue weighted by Crippen LogP contribution is 2.31. The molecule has 1 atom stereocenters. The largest absolute Gasteiger partial charge is 0.478 e. The third kappa shape index (κ3) is 2.35. The number of hydrogen-bond donors (Lipinski definition) is 1. The number of carbonyl (C=O) groups is 1. The highest BCUT2D eigenvalue weighted by Gasteiger charge is 2.24. The predicted molar refractivity (Wildman–Crippen MR) is 68.7 cm³/mol. The van der Waals surface area contributed by atoms with Gasteiger partial charge in [-0.2, -0.15) is 0 Å². The Labute approximate surface area is 112 Å². The van der Waals surface area contributed by atoms with Crippen LogP contribution in [0, 0.1) is 5.82 Å². The molecule has 0 saturated carbocycles. The highest BCUT2D eigenvalue weighted by atomic mass is 79.9. The molecule has 98 valence electrons. The van der Waals surface area contributed by atoms with Gasteiger partial charge in [0.25, 0.3) is 0 Å². The summed E-state index contributed by atoms with van der Waals surface area (Å²) in [4.78, 5) is 12.7. The molecule has 2 rings (SSSR count). The van der Waals surface area contributed by atoms with Crippen LogP contribution in [0.15, 0.2) is 16.6 Å². The summed E-state index contributed by atoms with van der Waals surface area (Å²) in [6, 6.07) is 3.01. The number of likely N-dealkylation sites (N-methyl/N-ethyl adjacent to an activating group) is 1. The Morgan fingerprint density at radius 2 is 2.33 bits per heavy atom. The summed E-state index contributed by atoms with van der Waals surface area (Å²) < 4.78 is 19.4. The van der Waals surface area contributed by atoms with Crippen LogP contribution in [0.5, 0.6) is 0 Å². The normalized spacial score (nSPS) is 18.9. The summed E-state index contributed by atoms with van der Waals surface area (Å²) >= 11 is 2.99. The summed E-state index contributed by atoms with van der Waals surface area (Å²) in [5, 5.41) is 8.90. The zero-order chi connectivity index (χ0) is 13.3. The van der Waals surface area contributed by atoms with Crippen molar-refractivity contribution in [2.24, 2.45) is 0 Å². The molecule has 6 heteroatoms. The minimum Gasteiger partial charge on any atom is -0.478 e. The van der Waals surface area contributed by atoms with E-state index in [4.69, 9.17) is 9.84 Å². The van der Waals surface area contributed by atoms with Gasteiger partial charge < -0.3 is 14.7 Å². The second-order valence-electron chi connectivity index (χ2n) is 4.19. The van der Waals surface area contributed by atoms with Gasteiger partial charge in [0.05, 0.1) is 28.4 Å². The summed E-state index contributed by atoms with van der Waals surface area (Å²) in [6.45, 7) is 1.24. The van der Waals surface area contributed by atoms with E-state index >= 15 is 0 Å². The molecule has 0 aromatic heterocycles. The molecule has 1 aliphatic rings. The predicted octanol–water partition coefficient (Wildman–Crippen LogP) is 2.51. The van der Waals surface area contributed by atoms with Gasteiger partial charge in [-0.3, -0.25) is 0 Å². The minimum absolute atomic E-state index is 0.0155. The fraction of sp³-hybridized carbons (Fsp3) is 0.417. The Morgan fingerprint density at radius 3 is 2.89 bits per heavy atom. The molecule has 0 radical (unpaired) electrons.